The van der Waals surface area contributed by atoms with Crippen LogP contribution in [0.15, 0.2) is 23.1 Å². The van der Waals surface area contributed by atoms with Gasteiger partial charge in [0.1, 0.15) is 16.5 Å². The molecule has 0 spiro atoms. The van der Waals surface area contributed by atoms with Crippen LogP contribution in [-0.2, 0) is 17.1 Å². The van der Waals surface area contributed by atoms with Crippen LogP contribution in [0.25, 0.3) is 0 Å². The van der Waals surface area contributed by atoms with Crippen molar-refractivity contribution >= 4 is 21.5 Å². The summed E-state index contributed by atoms with van der Waals surface area (Å²) < 4.78 is 34.1. The molecule has 0 aliphatic carbocycles. The fourth-order valence-electron chi connectivity index (χ4n) is 1.95. The van der Waals surface area contributed by atoms with Crippen LogP contribution in [0.2, 0.25) is 0 Å². The van der Waals surface area contributed by atoms with E-state index in [-0.39, 0.29) is 10.6 Å². The van der Waals surface area contributed by atoms with Crippen molar-refractivity contribution in [2.24, 2.45) is 7.05 Å². The van der Waals surface area contributed by atoms with Gasteiger partial charge in [0, 0.05) is 18.8 Å². The van der Waals surface area contributed by atoms with Crippen LogP contribution in [0.3, 0.4) is 0 Å². The van der Waals surface area contributed by atoms with Gasteiger partial charge in [-0.2, -0.15) is 5.10 Å². The predicted octanol–water partition coefficient (Wildman–Crippen LogP) is 1.43. The van der Waals surface area contributed by atoms with E-state index in [1.54, 1.807) is 33.0 Å². The van der Waals surface area contributed by atoms with Crippen LogP contribution < -0.4 is 15.2 Å². The van der Waals surface area contributed by atoms with E-state index in [0.29, 0.717) is 17.2 Å². The first-order valence-electron chi connectivity index (χ1n) is 6.22. The second-order valence-electron chi connectivity index (χ2n) is 4.76. The van der Waals surface area contributed by atoms with Crippen LogP contribution in [-0.4, -0.2) is 25.3 Å². The molecule has 0 saturated heterocycles. The number of hydrogen-bond donors (Lipinski definition) is 2. The molecule has 2 aromatic rings. The largest absolute Gasteiger partial charge is 0.495 e. The van der Waals surface area contributed by atoms with Crippen molar-refractivity contribution in [2.75, 3.05) is 17.6 Å². The molecule has 8 heteroatoms. The average Bonchev–Trinajstić information content (AvgIpc) is 2.69. The smallest absolute Gasteiger partial charge is 0.266 e. The second kappa shape index (κ2) is 5.28. The minimum atomic E-state index is -3.82. The van der Waals surface area contributed by atoms with Gasteiger partial charge in [-0.15, -0.1) is 0 Å². The molecule has 0 aliphatic rings. The van der Waals surface area contributed by atoms with E-state index in [0.717, 1.165) is 5.56 Å². The average molecular weight is 310 g/mol. The second-order valence-corrected chi connectivity index (χ2v) is 6.41. The van der Waals surface area contributed by atoms with E-state index in [2.05, 4.69) is 9.82 Å². The Hall–Kier alpha value is -2.22. The Morgan fingerprint density at radius 2 is 1.95 bits per heavy atom. The molecular formula is C13H18N4O3S. The lowest BCUT2D eigenvalue weighted by molar-refractivity contribution is 0.402. The Balaban J connectivity index is 2.49. The fourth-order valence-corrected chi connectivity index (χ4v) is 3.21. The Morgan fingerprint density at radius 3 is 2.48 bits per heavy atom. The van der Waals surface area contributed by atoms with Gasteiger partial charge < -0.3 is 10.5 Å². The van der Waals surface area contributed by atoms with E-state index in [1.807, 2.05) is 0 Å². The summed E-state index contributed by atoms with van der Waals surface area (Å²) in [6, 6.07) is 4.62. The van der Waals surface area contributed by atoms with Crippen LogP contribution >= 0.6 is 0 Å². The summed E-state index contributed by atoms with van der Waals surface area (Å²) in [4.78, 5) is -0.00745. The SMILES string of the molecule is COc1cc(C)c(N)cc1S(=O)(=O)Nc1cc(C)nn1C. The molecule has 2 rings (SSSR count). The molecule has 0 aliphatic heterocycles. The van der Waals surface area contributed by atoms with Gasteiger partial charge in [-0.25, -0.2) is 8.42 Å². The first-order valence-corrected chi connectivity index (χ1v) is 7.70. The zero-order chi connectivity index (χ0) is 15.8. The molecule has 0 radical (unpaired) electrons. The number of hydrogen-bond acceptors (Lipinski definition) is 5. The number of nitrogens with two attached hydrogens (primary N) is 1. The summed E-state index contributed by atoms with van der Waals surface area (Å²) in [5, 5.41) is 4.10. The van der Waals surface area contributed by atoms with Gasteiger partial charge in [-0.3, -0.25) is 9.40 Å². The maximum Gasteiger partial charge on any atom is 0.266 e. The predicted molar refractivity (Wildman–Crippen MR) is 80.9 cm³/mol. The minimum absolute atomic E-state index is 0.00745. The number of ether oxygens (including phenoxy) is 1. The summed E-state index contributed by atoms with van der Waals surface area (Å²) in [5.41, 5.74) is 7.65. The van der Waals surface area contributed by atoms with Gasteiger partial charge in [-0.05, 0) is 31.5 Å². The van der Waals surface area contributed by atoms with Crippen molar-refractivity contribution in [3.8, 4) is 5.75 Å². The number of nitrogens with one attached hydrogen (secondary N) is 1. The van der Waals surface area contributed by atoms with Gasteiger partial charge in [0.05, 0.1) is 12.8 Å². The van der Waals surface area contributed by atoms with Crippen molar-refractivity contribution in [1.29, 1.82) is 0 Å². The lowest BCUT2D eigenvalue weighted by Gasteiger charge is -2.13. The molecule has 1 heterocycles. The van der Waals surface area contributed by atoms with E-state index >= 15 is 0 Å². The third-order valence-electron chi connectivity index (χ3n) is 3.08. The highest BCUT2D eigenvalue weighted by molar-refractivity contribution is 7.92. The highest BCUT2D eigenvalue weighted by Gasteiger charge is 2.22. The number of anilines is 2. The Kier molecular flexibility index (Phi) is 3.82. The lowest BCUT2D eigenvalue weighted by Crippen LogP contribution is -2.16. The quantitative estimate of drug-likeness (QED) is 0.832. The molecule has 0 atom stereocenters. The number of aryl methyl sites for hydroxylation is 3. The molecule has 1 aromatic heterocycles. The molecular weight excluding hydrogens is 292 g/mol. The standard InChI is InChI=1S/C13H18N4O3S/c1-8-5-11(20-4)12(7-10(8)14)21(18,19)16-13-6-9(2)15-17(13)3/h5-7,16H,14H2,1-4H3. The van der Waals surface area contributed by atoms with E-state index < -0.39 is 10.0 Å². The molecule has 0 fully saturated rings. The minimum Gasteiger partial charge on any atom is -0.495 e. The summed E-state index contributed by atoms with van der Waals surface area (Å²) in [5.74, 6) is 0.613. The molecule has 0 amide bonds. The number of methoxy groups -OCH3 is 1. The fraction of sp³-hybridized carbons (Fsp3) is 0.308. The van der Waals surface area contributed by atoms with Crippen LogP contribution in [0.1, 0.15) is 11.3 Å². The molecule has 114 valence electrons. The van der Waals surface area contributed by atoms with Crippen molar-refractivity contribution < 1.29 is 13.2 Å². The van der Waals surface area contributed by atoms with Gasteiger partial charge in [-0.1, -0.05) is 0 Å². The lowest BCUT2D eigenvalue weighted by atomic mass is 10.2. The van der Waals surface area contributed by atoms with Crippen LogP contribution in [0.5, 0.6) is 5.75 Å². The maximum atomic E-state index is 12.5. The van der Waals surface area contributed by atoms with Gasteiger partial charge in [0.2, 0.25) is 0 Å². The Morgan fingerprint density at radius 1 is 1.29 bits per heavy atom. The Bertz CT molecular complexity index is 781. The summed E-state index contributed by atoms with van der Waals surface area (Å²) in [6.07, 6.45) is 0. The molecule has 0 bridgehead atoms. The first-order chi connectivity index (χ1) is 9.74. The van der Waals surface area contributed by atoms with Crippen molar-refractivity contribution in [2.45, 2.75) is 18.7 Å². The normalized spacial score (nSPS) is 11.4. The molecule has 7 nitrogen and oxygen atoms in total. The topological polar surface area (TPSA) is 99.2 Å². The highest BCUT2D eigenvalue weighted by atomic mass is 32.2. The summed E-state index contributed by atoms with van der Waals surface area (Å²) in [6.45, 7) is 3.56. The maximum absolute atomic E-state index is 12.5. The van der Waals surface area contributed by atoms with Crippen molar-refractivity contribution in [3.63, 3.8) is 0 Å². The molecule has 1 aromatic carbocycles. The van der Waals surface area contributed by atoms with E-state index in [1.165, 1.54) is 17.9 Å². The van der Waals surface area contributed by atoms with E-state index in [9.17, 15) is 8.42 Å². The van der Waals surface area contributed by atoms with Crippen molar-refractivity contribution in [1.82, 2.24) is 9.78 Å². The molecule has 21 heavy (non-hydrogen) atoms. The number of benzene rings is 1. The third-order valence-corrected chi connectivity index (χ3v) is 4.46. The monoisotopic (exact) mass is 310 g/mol. The zero-order valence-electron chi connectivity index (χ0n) is 12.3. The number of sulfonamides is 1. The number of rotatable bonds is 4. The van der Waals surface area contributed by atoms with Crippen LogP contribution in [0, 0.1) is 13.8 Å². The summed E-state index contributed by atoms with van der Waals surface area (Å²) in [7, 11) is -0.747. The summed E-state index contributed by atoms with van der Waals surface area (Å²) >= 11 is 0. The van der Waals surface area contributed by atoms with E-state index in [4.69, 9.17) is 10.5 Å². The van der Waals surface area contributed by atoms with Crippen molar-refractivity contribution in [3.05, 3.63) is 29.5 Å². The highest BCUT2D eigenvalue weighted by Crippen LogP contribution is 2.30. The number of nitrogen functional groups attached to an aromatic ring is 1. The molecule has 0 saturated carbocycles. The third kappa shape index (κ3) is 2.94. The van der Waals surface area contributed by atoms with Crippen LogP contribution in [0.4, 0.5) is 11.5 Å². The zero-order valence-corrected chi connectivity index (χ0v) is 13.2. The number of nitrogens with zero attached hydrogens (tertiary/aromatic N) is 2. The molecule has 0 unspecified atom stereocenters. The Labute approximate surface area is 123 Å². The van der Waals surface area contributed by atoms with Gasteiger partial charge >= 0.3 is 0 Å². The van der Waals surface area contributed by atoms with Gasteiger partial charge in [0.25, 0.3) is 10.0 Å². The number of aromatic nitrogens is 2. The molecule has 3 N–H and O–H groups in total. The first kappa shape index (κ1) is 15.2. The van der Waals surface area contributed by atoms with Gasteiger partial charge in [0.15, 0.2) is 0 Å².